The van der Waals surface area contributed by atoms with Gasteiger partial charge in [-0.15, -0.1) is 0 Å². The van der Waals surface area contributed by atoms with Crippen molar-refractivity contribution in [1.82, 2.24) is 24.5 Å². The van der Waals surface area contributed by atoms with Gasteiger partial charge in [0.15, 0.2) is 0 Å². The van der Waals surface area contributed by atoms with Crippen LogP contribution in [0, 0.1) is 5.41 Å². The number of hydrogen-bond donors (Lipinski definition) is 0. The number of aryl methyl sites for hydroxylation is 1. The second-order valence-electron chi connectivity index (χ2n) is 8.09. The van der Waals surface area contributed by atoms with Crippen molar-refractivity contribution in [2.75, 3.05) is 60.0 Å². The first kappa shape index (κ1) is 19.8. The van der Waals surface area contributed by atoms with Crippen molar-refractivity contribution in [3.05, 3.63) is 18.0 Å². The number of amides is 2. The maximum absolute atomic E-state index is 12.6. The summed E-state index contributed by atoms with van der Waals surface area (Å²) < 4.78 is 7.59. The molecule has 0 atom stereocenters. The number of nitrogens with zero attached hydrogens (tertiary/aromatic N) is 5. The highest BCUT2D eigenvalue weighted by atomic mass is 16.5. The van der Waals surface area contributed by atoms with E-state index >= 15 is 0 Å². The zero-order valence-corrected chi connectivity index (χ0v) is 16.7. The van der Waals surface area contributed by atoms with Crippen molar-refractivity contribution in [2.45, 2.75) is 19.3 Å². The second kappa shape index (κ2) is 8.39. The summed E-state index contributed by atoms with van der Waals surface area (Å²) in [6.07, 6.45) is 4.04. The number of ether oxygens (including phenoxy) is 1. The third-order valence-corrected chi connectivity index (χ3v) is 5.65. The Labute approximate surface area is 161 Å². The molecule has 0 aromatic carbocycles. The molecular weight excluding hydrogens is 346 g/mol. The third kappa shape index (κ3) is 5.07. The van der Waals surface area contributed by atoms with E-state index in [1.165, 1.54) is 0 Å². The summed E-state index contributed by atoms with van der Waals surface area (Å²) in [5, 5.41) is 4.30. The van der Waals surface area contributed by atoms with E-state index in [2.05, 4.69) is 10.00 Å². The number of piperidine rings is 1. The summed E-state index contributed by atoms with van der Waals surface area (Å²) in [7, 11) is 5.44. The van der Waals surface area contributed by atoms with Gasteiger partial charge in [-0.25, -0.2) is 0 Å². The minimum Gasteiger partial charge on any atom is -0.379 e. The number of carbonyl (C=O) groups is 2. The summed E-state index contributed by atoms with van der Waals surface area (Å²) in [5.41, 5.74) is 0.846. The normalized spacial score (nSPS) is 20.5. The zero-order valence-electron chi connectivity index (χ0n) is 16.7. The molecule has 150 valence electrons. The van der Waals surface area contributed by atoms with Gasteiger partial charge in [0.05, 0.1) is 31.9 Å². The van der Waals surface area contributed by atoms with Crippen molar-refractivity contribution in [2.24, 2.45) is 12.5 Å². The molecule has 2 saturated heterocycles. The first-order valence-corrected chi connectivity index (χ1v) is 9.63. The average Bonchev–Trinajstić information content (AvgIpc) is 2.93. The average molecular weight is 377 g/mol. The summed E-state index contributed by atoms with van der Waals surface area (Å²) >= 11 is 0. The highest BCUT2D eigenvalue weighted by Gasteiger charge is 2.39. The molecule has 0 N–H and O–H groups in total. The Hall–Kier alpha value is -1.93. The topological polar surface area (TPSA) is 70.9 Å². The maximum Gasteiger partial charge on any atom is 0.236 e. The van der Waals surface area contributed by atoms with Gasteiger partial charge in [-0.3, -0.25) is 19.2 Å². The molecule has 0 unspecified atom stereocenters. The molecule has 27 heavy (non-hydrogen) atoms. The molecule has 2 fully saturated rings. The lowest BCUT2D eigenvalue weighted by Gasteiger charge is -2.42. The largest absolute Gasteiger partial charge is 0.379 e. The van der Waals surface area contributed by atoms with Crippen LogP contribution >= 0.6 is 0 Å². The second-order valence-corrected chi connectivity index (χ2v) is 8.09. The van der Waals surface area contributed by atoms with E-state index in [1.807, 2.05) is 24.2 Å². The molecule has 8 nitrogen and oxygen atoms in total. The van der Waals surface area contributed by atoms with Crippen LogP contribution < -0.4 is 0 Å². The molecule has 2 aliphatic heterocycles. The van der Waals surface area contributed by atoms with Gasteiger partial charge in [0.1, 0.15) is 0 Å². The lowest BCUT2D eigenvalue weighted by molar-refractivity contribution is -0.133. The Kier molecular flexibility index (Phi) is 6.16. The number of likely N-dealkylation sites (tertiary alicyclic amines) is 1. The number of aromatic nitrogens is 2. The summed E-state index contributed by atoms with van der Waals surface area (Å²) in [6.45, 7) is 4.92. The van der Waals surface area contributed by atoms with Crippen LogP contribution in [0.15, 0.2) is 12.3 Å². The molecule has 1 spiro atoms. The quantitative estimate of drug-likeness (QED) is 0.738. The fourth-order valence-corrected chi connectivity index (χ4v) is 3.91. The van der Waals surface area contributed by atoms with Crippen LogP contribution in [0.5, 0.6) is 0 Å². The van der Waals surface area contributed by atoms with Gasteiger partial charge in [-0.1, -0.05) is 0 Å². The smallest absolute Gasteiger partial charge is 0.236 e. The first-order valence-electron chi connectivity index (χ1n) is 9.63. The molecule has 0 aliphatic carbocycles. The van der Waals surface area contributed by atoms with E-state index in [-0.39, 0.29) is 17.2 Å². The molecule has 8 heteroatoms. The van der Waals surface area contributed by atoms with E-state index < -0.39 is 0 Å². The SMILES string of the molecule is CN(C)C(=O)CN1CCOCC2(CCN(C(=O)Cc3ccn(C)n3)CC2)C1. The number of likely N-dealkylation sites (N-methyl/N-ethyl adjacent to an activating group) is 1. The van der Waals surface area contributed by atoms with Gasteiger partial charge in [0.25, 0.3) is 0 Å². The van der Waals surface area contributed by atoms with Crippen molar-refractivity contribution in [1.29, 1.82) is 0 Å². The Balaban J connectivity index is 1.55. The van der Waals surface area contributed by atoms with Crippen LogP contribution in [0.3, 0.4) is 0 Å². The van der Waals surface area contributed by atoms with E-state index in [9.17, 15) is 9.59 Å². The number of rotatable bonds is 4. The van der Waals surface area contributed by atoms with Crippen molar-refractivity contribution in [3.63, 3.8) is 0 Å². The Morgan fingerprint density at radius 1 is 1.26 bits per heavy atom. The fraction of sp³-hybridized carbons (Fsp3) is 0.737. The third-order valence-electron chi connectivity index (χ3n) is 5.65. The summed E-state index contributed by atoms with van der Waals surface area (Å²) in [4.78, 5) is 30.5. The van der Waals surface area contributed by atoms with Crippen LogP contribution in [0.2, 0.25) is 0 Å². The number of carbonyl (C=O) groups excluding carboxylic acids is 2. The Bertz CT molecular complexity index is 664. The van der Waals surface area contributed by atoms with Crippen molar-refractivity contribution < 1.29 is 14.3 Å². The molecule has 2 amide bonds. The van der Waals surface area contributed by atoms with Crippen molar-refractivity contribution >= 4 is 11.8 Å². The highest BCUT2D eigenvalue weighted by molar-refractivity contribution is 5.78. The Morgan fingerprint density at radius 2 is 2.00 bits per heavy atom. The molecule has 0 radical (unpaired) electrons. The Morgan fingerprint density at radius 3 is 2.63 bits per heavy atom. The van der Waals surface area contributed by atoms with E-state index in [4.69, 9.17) is 4.74 Å². The summed E-state index contributed by atoms with van der Waals surface area (Å²) in [6, 6.07) is 1.89. The van der Waals surface area contributed by atoms with Gasteiger partial charge in [-0.2, -0.15) is 5.10 Å². The lowest BCUT2D eigenvalue weighted by Crippen LogP contribution is -2.50. The minimum atomic E-state index is 0.0326. The molecule has 0 saturated carbocycles. The van der Waals surface area contributed by atoms with E-state index in [1.54, 1.807) is 23.7 Å². The van der Waals surface area contributed by atoms with Crippen molar-refractivity contribution in [3.8, 4) is 0 Å². The fourth-order valence-electron chi connectivity index (χ4n) is 3.91. The molecular formula is C19H31N5O3. The van der Waals surface area contributed by atoms with Crippen LogP contribution in [-0.4, -0.2) is 96.3 Å². The standard InChI is InChI=1S/C19H31N5O3/c1-21(2)18(26)13-23-10-11-27-15-19(14-23)5-8-24(9-6-19)17(25)12-16-4-7-22(3)20-16/h4,7H,5-6,8-15H2,1-3H3. The lowest BCUT2D eigenvalue weighted by atomic mass is 9.78. The predicted octanol–water partition coefficient (Wildman–Crippen LogP) is -0.00820. The summed E-state index contributed by atoms with van der Waals surface area (Å²) in [5.74, 6) is 0.257. The number of hydrogen-bond acceptors (Lipinski definition) is 5. The maximum atomic E-state index is 12.6. The molecule has 2 aliphatic rings. The molecule has 3 rings (SSSR count). The monoisotopic (exact) mass is 377 g/mol. The van der Waals surface area contributed by atoms with Crippen LogP contribution in [0.1, 0.15) is 18.5 Å². The van der Waals surface area contributed by atoms with Gasteiger partial charge < -0.3 is 14.5 Å². The van der Waals surface area contributed by atoms with Crippen LogP contribution in [0.4, 0.5) is 0 Å². The minimum absolute atomic E-state index is 0.0326. The first-order chi connectivity index (χ1) is 12.9. The predicted molar refractivity (Wildman–Crippen MR) is 101 cm³/mol. The van der Waals surface area contributed by atoms with E-state index in [0.29, 0.717) is 26.2 Å². The highest BCUT2D eigenvalue weighted by Crippen LogP contribution is 2.34. The van der Waals surface area contributed by atoms with Crippen LogP contribution in [0.25, 0.3) is 0 Å². The molecule has 0 bridgehead atoms. The zero-order chi connectivity index (χ0) is 19.4. The van der Waals surface area contributed by atoms with Gasteiger partial charge in [0.2, 0.25) is 11.8 Å². The van der Waals surface area contributed by atoms with Gasteiger partial charge in [-0.05, 0) is 18.9 Å². The molecule has 1 aromatic rings. The van der Waals surface area contributed by atoms with Gasteiger partial charge >= 0.3 is 0 Å². The molecule has 1 aromatic heterocycles. The van der Waals surface area contributed by atoms with E-state index in [0.717, 1.165) is 44.7 Å². The van der Waals surface area contributed by atoms with Gasteiger partial charge in [0, 0.05) is 58.9 Å². The van der Waals surface area contributed by atoms with Crippen LogP contribution in [-0.2, 0) is 27.8 Å². The molecule has 3 heterocycles.